The molecular weight excluding hydrogens is 248 g/mol. The molecule has 0 radical (unpaired) electrons. The molecule has 0 aliphatic heterocycles. The number of esters is 1. The Hall–Kier alpha value is -1.39. The molecular formula is C14H22O5. The van der Waals surface area contributed by atoms with Crippen molar-refractivity contribution in [1.82, 2.24) is 0 Å². The maximum atomic E-state index is 12.2. The van der Waals surface area contributed by atoms with Crippen LogP contribution >= 0.6 is 0 Å². The van der Waals surface area contributed by atoms with Crippen molar-refractivity contribution < 1.29 is 24.2 Å². The second kappa shape index (κ2) is 5.31. The lowest BCUT2D eigenvalue weighted by Gasteiger charge is -2.39. The fourth-order valence-electron chi connectivity index (χ4n) is 2.59. The molecule has 0 aromatic carbocycles. The Morgan fingerprint density at radius 2 is 1.89 bits per heavy atom. The van der Waals surface area contributed by atoms with Gasteiger partial charge < -0.3 is 14.6 Å². The zero-order chi connectivity index (χ0) is 14.8. The fourth-order valence-corrected chi connectivity index (χ4v) is 2.59. The average Bonchev–Trinajstić information content (AvgIpc) is 2.25. The van der Waals surface area contributed by atoms with Crippen molar-refractivity contribution in [2.75, 3.05) is 0 Å². The van der Waals surface area contributed by atoms with Gasteiger partial charge in [0, 0.05) is 5.92 Å². The van der Waals surface area contributed by atoms with E-state index in [1.165, 1.54) is 6.92 Å². The maximum absolute atomic E-state index is 12.2. The predicted molar refractivity (Wildman–Crippen MR) is 68.5 cm³/mol. The molecule has 5 nitrogen and oxygen atoms in total. The van der Waals surface area contributed by atoms with Crippen LogP contribution in [-0.4, -0.2) is 28.9 Å². The first-order chi connectivity index (χ1) is 8.60. The summed E-state index contributed by atoms with van der Waals surface area (Å²) >= 11 is 0. The van der Waals surface area contributed by atoms with E-state index in [4.69, 9.17) is 4.74 Å². The van der Waals surface area contributed by atoms with E-state index in [2.05, 4.69) is 0 Å². The van der Waals surface area contributed by atoms with Gasteiger partial charge in [-0.25, -0.2) is 0 Å². The van der Waals surface area contributed by atoms with Crippen molar-refractivity contribution in [2.45, 2.75) is 52.6 Å². The van der Waals surface area contributed by atoms with Crippen LogP contribution in [0.2, 0.25) is 0 Å². The van der Waals surface area contributed by atoms with Gasteiger partial charge in [0.15, 0.2) is 0 Å². The Morgan fingerprint density at radius 3 is 2.32 bits per heavy atom. The van der Waals surface area contributed by atoms with Gasteiger partial charge in [-0.3, -0.25) is 9.59 Å². The van der Waals surface area contributed by atoms with Crippen LogP contribution in [0.15, 0.2) is 0 Å². The molecule has 0 heterocycles. The predicted octanol–water partition coefficient (Wildman–Crippen LogP) is 2.03. The number of aliphatic carboxylic acids is 1. The molecule has 0 bridgehead atoms. The number of aldehydes is 1. The lowest BCUT2D eigenvalue weighted by atomic mass is 9.64. The van der Waals surface area contributed by atoms with Gasteiger partial charge in [0.05, 0.1) is 11.3 Å². The number of carboxylic acid groups (broad SMARTS) is 1. The third-order valence-corrected chi connectivity index (χ3v) is 3.65. The second-order valence-corrected chi connectivity index (χ2v) is 6.49. The Labute approximate surface area is 113 Å². The largest absolute Gasteiger partial charge is 0.481 e. The summed E-state index contributed by atoms with van der Waals surface area (Å²) in [6, 6.07) is 0. The molecule has 1 saturated carbocycles. The van der Waals surface area contributed by atoms with Gasteiger partial charge in [-0.2, -0.15) is 0 Å². The summed E-state index contributed by atoms with van der Waals surface area (Å²) in [7, 11) is 0. The van der Waals surface area contributed by atoms with Crippen molar-refractivity contribution in [3.05, 3.63) is 0 Å². The lowest BCUT2D eigenvalue weighted by molar-refractivity contribution is -0.176. The molecule has 1 aliphatic rings. The van der Waals surface area contributed by atoms with E-state index in [1.807, 2.05) is 0 Å². The molecule has 1 unspecified atom stereocenters. The van der Waals surface area contributed by atoms with Crippen LogP contribution in [0.5, 0.6) is 0 Å². The van der Waals surface area contributed by atoms with E-state index < -0.39 is 28.9 Å². The van der Waals surface area contributed by atoms with Crippen LogP contribution in [-0.2, 0) is 19.1 Å². The minimum atomic E-state index is -1.23. The Kier molecular flexibility index (Phi) is 4.38. The number of hydrogen-bond acceptors (Lipinski definition) is 4. The summed E-state index contributed by atoms with van der Waals surface area (Å²) in [6.07, 6.45) is 1.89. The highest BCUT2D eigenvalue weighted by Gasteiger charge is 2.50. The zero-order valence-corrected chi connectivity index (χ0v) is 11.9. The van der Waals surface area contributed by atoms with Crippen molar-refractivity contribution in [3.63, 3.8) is 0 Å². The summed E-state index contributed by atoms with van der Waals surface area (Å²) < 4.78 is 5.30. The SMILES string of the molecule is CC(C)(C)OC(=O)[C@H]1CCC(C=O)C[C@]1(C)C(=O)O. The Balaban J connectivity index is 2.95. The topological polar surface area (TPSA) is 80.7 Å². The third-order valence-electron chi connectivity index (χ3n) is 3.65. The molecule has 19 heavy (non-hydrogen) atoms. The van der Waals surface area contributed by atoms with E-state index in [-0.39, 0.29) is 12.3 Å². The lowest BCUT2D eigenvalue weighted by Crippen LogP contribution is -2.47. The molecule has 1 aliphatic carbocycles. The Bertz CT molecular complexity index is 382. The van der Waals surface area contributed by atoms with Crippen molar-refractivity contribution >= 4 is 18.2 Å². The van der Waals surface area contributed by atoms with Gasteiger partial charge in [-0.05, 0) is 47.0 Å². The Morgan fingerprint density at radius 1 is 1.32 bits per heavy atom. The molecule has 3 atom stereocenters. The molecule has 1 rings (SSSR count). The standard InChI is InChI=1S/C14H22O5/c1-13(2,3)19-11(16)10-6-5-9(8-15)7-14(10,4)12(17)18/h8-10H,5-7H2,1-4H3,(H,17,18)/t9?,10-,14+/m1/s1. The average molecular weight is 270 g/mol. The van der Waals surface area contributed by atoms with E-state index in [0.717, 1.165) is 6.29 Å². The molecule has 0 aromatic heterocycles. The molecule has 0 amide bonds. The minimum absolute atomic E-state index is 0.190. The van der Waals surface area contributed by atoms with E-state index in [0.29, 0.717) is 12.8 Å². The van der Waals surface area contributed by atoms with Gasteiger partial charge in [0.25, 0.3) is 0 Å². The molecule has 0 saturated heterocycles. The summed E-state index contributed by atoms with van der Waals surface area (Å²) in [4.78, 5) is 34.5. The maximum Gasteiger partial charge on any atom is 0.310 e. The van der Waals surface area contributed by atoms with Crippen molar-refractivity contribution in [3.8, 4) is 0 Å². The number of carbonyl (C=O) groups is 3. The van der Waals surface area contributed by atoms with Crippen molar-refractivity contribution in [2.24, 2.45) is 17.3 Å². The number of ether oxygens (including phenoxy) is 1. The minimum Gasteiger partial charge on any atom is -0.481 e. The number of hydrogen-bond donors (Lipinski definition) is 1. The van der Waals surface area contributed by atoms with Gasteiger partial charge in [-0.15, -0.1) is 0 Å². The van der Waals surface area contributed by atoms with E-state index in [9.17, 15) is 19.5 Å². The van der Waals surface area contributed by atoms with Crippen LogP contribution in [0.25, 0.3) is 0 Å². The monoisotopic (exact) mass is 270 g/mol. The molecule has 5 heteroatoms. The van der Waals surface area contributed by atoms with Crippen LogP contribution in [0.3, 0.4) is 0 Å². The molecule has 1 fully saturated rings. The number of carbonyl (C=O) groups excluding carboxylic acids is 2. The first-order valence-corrected chi connectivity index (χ1v) is 6.51. The number of rotatable bonds is 3. The normalized spacial score (nSPS) is 31.6. The van der Waals surface area contributed by atoms with E-state index >= 15 is 0 Å². The van der Waals surface area contributed by atoms with Crippen LogP contribution in [0.1, 0.15) is 47.0 Å². The summed E-state index contributed by atoms with van der Waals surface area (Å²) in [5.74, 6) is -2.52. The van der Waals surface area contributed by atoms with Crippen LogP contribution in [0.4, 0.5) is 0 Å². The zero-order valence-electron chi connectivity index (χ0n) is 11.9. The first-order valence-electron chi connectivity index (χ1n) is 6.51. The number of carboxylic acids is 1. The molecule has 0 aromatic rings. The van der Waals surface area contributed by atoms with Crippen molar-refractivity contribution in [1.29, 1.82) is 0 Å². The van der Waals surface area contributed by atoms with Gasteiger partial charge in [-0.1, -0.05) is 0 Å². The first kappa shape index (κ1) is 15.7. The van der Waals surface area contributed by atoms with Gasteiger partial charge >= 0.3 is 11.9 Å². The van der Waals surface area contributed by atoms with Gasteiger partial charge in [0.1, 0.15) is 11.9 Å². The second-order valence-electron chi connectivity index (χ2n) is 6.49. The molecule has 0 spiro atoms. The fraction of sp³-hybridized carbons (Fsp3) is 0.786. The third kappa shape index (κ3) is 3.55. The van der Waals surface area contributed by atoms with Crippen LogP contribution in [0, 0.1) is 17.3 Å². The van der Waals surface area contributed by atoms with E-state index in [1.54, 1.807) is 20.8 Å². The summed E-state index contributed by atoms with van der Waals surface area (Å²) in [5.41, 5.74) is -1.87. The molecule has 1 N–H and O–H groups in total. The highest BCUT2D eigenvalue weighted by Crippen LogP contribution is 2.44. The summed E-state index contributed by atoms with van der Waals surface area (Å²) in [6.45, 7) is 6.78. The quantitative estimate of drug-likeness (QED) is 0.627. The summed E-state index contributed by atoms with van der Waals surface area (Å²) in [5, 5.41) is 9.40. The highest BCUT2D eigenvalue weighted by molar-refractivity contribution is 5.85. The van der Waals surface area contributed by atoms with Crippen LogP contribution < -0.4 is 0 Å². The molecule has 108 valence electrons. The highest BCUT2D eigenvalue weighted by atomic mass is 16.6. The smallest absolute Gasteiger partial charge is 0.310 e. The van der Waals surface area contributed by atoms with Gasteiger partial charge in [0.2, 0.25) is 0 Å².